The first-order chi connectivity index (χ1) is 8.10. The van der Waals surface area contributed by atoms with E-state index in [1.165, 1.54) is 0 Å². The molecule has 0 bridgehead atoms. The van der Waals surface area contributed by atoms with E-state index >= 15 is 0 Å². The van der Waals surface area contributed by atoms with Gasteiger partial charge in [-0.05, 0) is 13.8 Å². The molecule has 0 radical (unpaired) electrons. The van der Waals surface area contributed by atoms with Gasteiger partial charge in [0, 0.05) is 20.3 Å². The SMILES string of the molecule is C/C=N/N(C)C(=NC)c1cn[nH]c1N=C(C)N. The number of nitrogens with zero attached hydrogens (tertiary/aromatic N) is 5. The molecule has 0 aliphatic rings. The van der Waals surface area contributed by atoms with Crippen LogP contribution in [0.1, 0.15) is 19.4 Å². The highest BCUT2D eigenvalue weighted by Crippen LogP contribution is 2.17. The molecule has 17 heavy (non-hydrogen) atoms. The van der Waals surface area contributed by atoms with Gasteiger partial charge in [0.15, 0.2) is 11.7 Å². The van der Waals surface area contributed by atoms with Crippen LogP contribution in [0.2, 0.25) is 0 Å². The number of rotatable bonds is 3. The van der Waals surface area contributed by atoms with Gasteiger partial charge in [-0.15, -0.1) is 0 Å². The number of amidine groups is 2. The maximum absolute atomic E-state index is 5.55. The number of hydrogen-bond acceptors (Lipinski definition) is 4. The summed E-state index contributed by atoms with van der Waals surface area (Å²) in [6.45, 7) is 3.55. The molecule has 1 heterocycles. The van der Waals surface area contributed by atoms with E-state index in [0.717, 1.165) is 5.56 Å². The van der Waals surface area contributed by atoms with Crippen molar-refractivity contribution in [2.24, 2.45) is 20.8 Å². The van der Waals surface area contributed by atoms with Gasteiger partial charge >= 0.3 is 0 Å². The Balaban J connectivity index is 3.14. The highest BCUT2D eigenvalue weighted by molar-refractivity contribution is 6.02. The van der Waals surface area contributed by atoms with E-state index in [1.807, 2.05) is 6.92 Å². The van der Waals surface area contributed by atoms with Gasteiger partial charge in [0.25, 0.3) is 0 Å². The van der Waals surface area contributed by atoms with Gasteiger partial charge < -0.3 is 5.73 Å². The van der Waals surface area contributed by atoms with Crippen LogP contribution < -0.4 is 5.73 Å². The third-order valence-electron chi connectivity index (χ3n) is 1.96. The van der Waals surface area contributed by atoms with Crippen molar-refractivity contribution in [3.63, 3.8) is 0 Å². The van der Waals surface area contributed by atoms with E-state index in [2.05, 4.69) is 25.3 Å². The van der Waals surface area contributed by atoms with Crippen molar-refractivity contribution >= 4 is 23.7 Å². The molecule has 0 aliphatic carbocycles. The Hall–Kier alpha value is -2.18. The first-order valence-electron chi connectivity index (χ1n) is 5.13. The molecule has 92 valence electrons. The number of aliphatic imine (C=N–C) groups is 2. The van der Waals surface area contributed by atoms with Crippen LogP contribution in [0.3, 0.4) is 0 Å². The van der Waals surface area contributed by atoms with Crippen molar-refractivity contribution in [1.29, 1.82) is 0 Å². The van der Waals surface area contributed by atoms with E-state index < -0.39 is 0 Å². The van der Waals surface area contributed by atoms with Crippen molar-refractivity contribution in [2.75, 3.05) is 14.1 Å². The minimum atomic E-state index is 0.451. The number of nitrogens with one attached hydrogen (secondary N) is 1. The number of aromatic amines is 1. The van der Waals surface area contributed by atoms with E-state index in [-0.39, 0.29) is 0 Å². The first-order valence-corrected chi connectivity index (χ1v) is 5.13. The molecule has 0 unspecified atom stereocenters. The molecule has 7 heteroatoms. The maximum Gasteiger partial charge on any atom is 0.160 e. The van der Waals surface area contributed by atoms with Gasteiger partial charge in [0.05, 0.1) is 17.6 Å². The van der Waals surface area contributed by atoms with E-state index in [1.54, 1.807) is 38.4 Å². The minimum absolute atomic E-state index is 0.451. The molecule has 3 N–H and O–H groups in total. The molecule has 0 fully saturated rings. The second kappa shape index (κ2) is 5.78. The van der Waals surface area contributed by atoms with Gasteiger partial charge in [-0.2, -0.15) is 10.2 Å². The summed E-state index contributed by atoms with van der Waals surface area (Å²) >= 11 is 0. The van der Waals surface area contributed by atoms with Crippen molar-refractivity contribution < 1.29 is 0 Å². The predicted octanol–water partition coefficient (Wildman–Crippen LogP) is 0.732. The zero-order chi connectivity index (χ0) is 12.8. The number of hydrazone groups is 1. The molecule has 0 saturated heterocycles. The monoisotopic (exact) mass is 235 g/mol. The Labute approximate surface area is 100 Å². The van der Waals surface area contributed by atoms with Crippen LogP contribution in [0.4, 0.5) is 5.82 Å². The molecule has 0 saturated carbocycles. The van der Waals surface area contributed by atoms with Gasteiger partial charge in [0.2, 0.25) is 0 Å². The molecule has 1 rings (SSSR count). The zero-order valence-corrected chi connectivity index (χ0v) is 10.5. The standard InChI is InChI=1S/C10H17N7/c1-5-14-17(4)10(12-3)8-6-13-16-9(8)15-7(2)11/h5-6H,1-4H3,(H3,11,13,15,16)/b12-10?,14-5+. The zero-order valence-electron chi connectivity index (χ0n) is 10.5. The van der Waals surface area contributed by atoms with Crippen LogP contribution in [0.25, 0.3) is 0 Å². The van der Waals surface area contributed by atoms with Crippen LogP contribution in [0, 0.1) is 0 Å². The predicted molar refractivity (Wildman–Crippen MR) is 69.9 cm³/mol. The summed E-state index contributed by atoms with van der Waals surface area (Å²) in [4.78, 5) is 8.32. The molecule has 0 spiro atoms. The van der Waals surface area contributed by atoms with Crippen molar-refractivity contribution in [3.8, 4) is 0 Å². The largest absolute Gasteiger partial charge is 0.387 e. The number of H-pyrrole nitrogens is 1. The van der Waals surface area contributed by atoms with Crippen LogP contribution >= 0.6 is 0 Å². The Morgan fingerprint density at radius 3 is 2.82 bits per heavy atom. The fourth-order valence-corrected chi connectivity index (χ4v) is 1.37. The molecule has 0 atom stereocenters. The molecule has 1 aromatic heterocycles. The average Bonchev–Trinajstić information content (AvgIpc) is 2.67. The highest BCUT2D eigenvalue weighted by atomic mass is 15.5. The second-order valence-electron chi connectivity index (χ2n) is 3.33. The van der Waals surface area contributed by atoms with E-state index in [9.17, 15) is 0 Å². The third kappa shape index (κ3) is 3.13. The summed E-state index contributed by atoms with van der Waals surface area (Å²) < 4.78 is 0. The van der Waals surface area contributed by atoms with Crippen molar-refractivity contribution in [2.45, 2.75) is 13.8 Å². The summed E-state index contributed by atoms with van der Waals surface area (Å²) in [6.07, 6.45) is 3.33. The van der Waals surface area contributed by atoms with Gasteiger partial charge in [-0.25, -0.2) is 4.99 Å². The van der Waals surface area contributed by atoms with Crippen LogP contribution in [0.5, 0.6) is 0 Å². The minimum Gasteiger partial charge on any atom is -0.387 e. The molecular weight excluding hydrogens is 218 g/mol. The number of nitrogens with two attached hydrogens (primary N) is 1. The molecule has 0 aromatic carbocycles. The summed E-state index contributed by atoms with van der Waals surface area (Å²) in [6, 6.07) is 0. The number of aromatic nitrogens is 2. The normalized spacial score (nSPS) is 13.4. The molecule has 1 aromatic rings. The molecule has 0 amide bonds. The maximum atomic E-state index is 5.55. The third-order valence-corrected chi connectivity index (χ3v) is 1.96. The lowest BCUT2D eigenvalue weighted by atomic mass is 10.3. The van der Waals surface area contributed by atoms with Crippen molar-refractivity contribution in [1.82, 2.24) is 15.2 Å². The average molecular weight is 235 g/mol. The van der Waals surface area contributed by atoms with E-state index in [4.69, 9.17) is 5.73 Å². The highest BCUT2D eigenvalue weighted by Gasteiger charge is 2.14. The summed E-state index contributed by atoms with van der Waals surface area (Å²) in [5.74, 6) is 1.69. The Morgan fingerprint density at radius 1 is 1.59 bits per heavy atom. The van der Waals surface area contributed by atoms with Crippen molar-refractivity contribution in [3.05, 3.63) is 11.8 Å². The summed E-state index contributed by atoms with van der Waals surface area (Å²) in [5, 5.41) is 12.5. The fourth-order valence-electron chi connectivity index (χ4n) is 1.37. The van der Waals surface area contributed by atoms with Gasteiger partial charge in [-0.1, -0.05) is 0 Å². The van der Waals surface area contributed by atoms with Gasteiger partial charge in [-0.3, -0.25) is 15.1 Å². The quantitative estimate of drug-likeness (QED) is 0.459. The fraction of sp³-hybridized carbons (Fsp3) is 0.400. The summed E-state index contributed by atoms with van der Waals surface area (Å²) in [5.41, 5.74) is 6.30. The lowest BCUT2D eigenvalue weighted by molar-refractivity contribution is 0.547. The Kier molecular flexibility index (Phi) is 4.38. The van der Waals surface area contributed by atoms with E-state index in [0.29, 0.717) is 17.5 Å². The molecule has 0 aliphatic heterocycles. The Bertz CT molecular complexity index is 451. The second-order valence-corrected chi connectivity index (χ2v) is 3.33. The smallest absolute Gasteiger partial charge is 0.160 e. The topological polar surface area (TPSA) is 95.0 Å². The lowest BCUT2D eigenvalue weighted by Crippen LogP contribution is -2.22. The van der Waals surface area contributed by atoms with Crippen LogP contribution in [-0.2, 0) is 0 Å². The van der Waals surface area contributed by atoms with Crippen LogP contribution in [-0.4, -0.2) is 47.2 Å². The number of hydrogen-bond donors (Lipinski definition) is 2. The molecular formula is C10H17N7. The Morgan fingerprint density at radius 2 is 2.29 bits per heavy atom. The lowest BCUT2D eigenvalue weighted by Gasteiger charge is -2.14. The summed E-state index contributed by atoms with van der Waals surface area (Å²) in [7, 11) is 3.49. The molecule has 7 nitrogen and oxygen atoms in total. The van der Waals surface area contributed by atoms with Gasteiger partial charge in [0.1, 0.15) is 0 Å². The van der Waals surface area contributed by atoms with Crippen LogP contribution in [0.15, 0.2) is 21.3 Å². The first kappa shape index (κ1) is 12.9.